The van der Waals surface area contributed by atoms with Crippen LogP contribution in [0.5, 0.6) is 0 Å². The number of hydrogen-bond donors (Lipinski definition) is 0. The monoisotopic (exact) mass is 124 g/mol. The van der Waals surface area contributed by atoms with E-state index in [-0.39, 0.29) is 0 Å². The molecule has 1 fully saturated rings. The van der Waals surface area contributed by atoms with Gasteiger partial charge in [-0.1, -0.05) is 26.0 Å². The molecule has 0 aliphatic heterocycles. The predicted molar refractivity (Wildman–Crippen MR) is 41.2 cm³/mol. The molecule has 1 saturated carbocycles. The summed E-state index contributed by atoms with van der Waals surface area (Å²) in [6.07, 6.45) is 5.92. The molecule has 52 valence electrons. The fourth-order valence-electron chi connectivity index (χ4n) is 1.59. The van der Waals surface area contributed by atoms with Gasteiger partial charge in [-0.15, -0.1) is 0 Å². The van der Waals surface area contributed by atoms with Crippen molar-refractivity contribution in [1.29, 1.82) is 0 Å². The van der Waals surface area contributed by atoms with Crippen molar-refractivity contribution >= 4 is 0 Å². The average molecular weight is 124 g/mol. The highest BCUT2D eigenvalue weighted by Gasteiger charge is 2.31. The molecule has 9 heavy (non-hydrogen) atoms. The van der Waals surface area contributed by atoms with E-state index in [1.54, 1.807) is 0 Å². The lowest BCUT2D eigenvalue weighted by Gasteiger charge is -2.39. The maximum Gasteiger partial charge on any atom is -0.0203 e. The van der Waals surface area contributed by atoms with E-state index in [1.807, 2.05) is 0 Å². The molecule has 3 unspecified atom stereocenters. The minimum Gasteiger partial charge on any atom is -0.0914 e. The summed E-state index contributed by atoms with van der Waals surface area (Å²) in [6.45, 7) is 6.79. The van der Waals surface area contributed by atoms with E-state index in [4.69, 9.17) is 0 Å². The van der Waals surface area contributed by atoms with Gasteiger partial charge in [0, 0.05) is 0 Å². The van der Waals surface area contributed by atoms with Crippen LogP contribution in [0, 0.1) is 17.8 Å². The summed E-state index contributed by atoms with van der Waals surface area (Å²) in [7, 11) is 0. The van der Waals surface area contributed by atoms with E-state index >= 15 is 0 Å². The van der Waals surface area contributed by atoms with Crippen molar-refractivity contribution in [2.75, 3.05) is 0 Å². The Morgan fingerprint density at radius 2 is 2.00 bits per heavy atom. The normalized spacial score (nSPS) is 43.2. The largest absolute Gasteiger partial charge is 0.0914 e. The molecule has 0 heterocycles. The molecule has 0 saturated heterocycles. The van der Waals surface area contributed by atoms with E-state index in [2.05, 4.69) is 32.9 Å². The second-order valence-electron chi connectivity index (χ2n) is 3.26. The van der Waals surface area contributed by atoms with Gasteiger partial charge in [0.15, 0.2) is 0 Å². The van der Waals surface area contributed by atoms with Gasteiger partial charge in [0.1, 0.15) is 0 Å². The summed E-state index contributed by atoms with van der Waals surface area (Å²) in [5.41, 5.74) is 0. The van der Waals surface area contributed by atoms with Gasteiger partial charge in [-0.25, -0.2) is 0 Å². The Morgan fingerprint density at radius 1 is 1.33 bits per heavy atom. The third kappa shape index (κ3) is 1.17. The molecule has 0 spiro atoms. The molecule has 3 atom stereocenters. The van der Waals surface area contributed by atoms with Crippen LogP contribution in [0.1, 0.15) is 27.2 Å². The van der Waals surface area contributed by atoms with Crippen molar-refractivity contribution in [3.63, 3.8) is 0 Å². The second-order valence-corrected chi connectivity index (χ2v) is 3.26. The molecule has 0 nitrogen and oxygen atoms in total. The Kier molecular flexibility index (Phi) is 1.94. The van der Waals surface area contributed by atoms with E-state index in [0.717, 1.165) is 17.8 Å². The van der Waals surface area contributed by atoms with Gasteiger partial charge in [-0.2, -0.15) is 0 Å². The molecule has 1 aliphatic carbocycles. The van der Waals surface area contributed by atoms with Crippen LogP contribution in [0.2, 0.25) is 0 Å². The maximum atomic E-state index is 2.35. The zero-order valence-corrected chi connectivity index (χ0v) is 6.59. The van der Waals surface area contributed by atoms with E-state index in [0.29, 0.717) is 0 Å². The van der Waals surface area contributed by atoms with Crippen molar-refractivity contribution in [2.45, 2.75) is 27.2 Å². The van der Waals surface area contributed by atoms with Crippen LogP contribution in [0.15, 0.2) is 12.2 Å². The van der Waals surface area contributed by atoms with Crippen LogP contribution >= 0.6 is 0 Å². The second kappa shape index (κ2) is 2.55. The van der Waals surface area contributed by atoms with E-state index in [1.165, 1.54) is 6.42 Å². The van der Waals surface area contributed by atoms with Crippen LogP contribution in [-0.4, -0.2) is 0 Å². The van der Waals surface area contributed by atoms with Crippen LogP contribution in [-0.2, 0) is 0 Å². The summed E-state index contributed by atoms with van der Waals surface area (Å²) < 4.78 is 0. The molecular weight excluding hydrogens is 108 g/mol. The SMILES string of the molecule is CC=CC1CC(C)C1C. The standard InChI is InChI=1S/C9H16/c1-4-5-9-6-7(2)8(9)3/h4-5,7-9H,6H2,1-3H3. The minimum absolute atomic E-state index is 0.894. The smallest absolute Gasteiger partial charge is 0.0203 e. The fourth-order valence-corrected chi connectivity index (χ4v) is 1.59. The van der Waals surface area contributed by atoms with Gasteiger partial charge in [0.05, 0.1) is 0 Å². The highest BCUT2D eigenvalue weighted by Crippen LogP contribution is 2.40. The highest BCUT2D eigenvalue weighted by atomic mass is 14.4. The number of rotatable bonds is 1. The molecule has 0 aromatic carbocycles. The summed E-state index contributed by atoms with van der Waals surface area (Å²) in [6, 6.07) is 0. The van der Waals surface area contributed by atoms with Crippen molar-refractivity contribution in [2.24, 2.45) is 17.8 Å². The molecule has 1 aliphatic rings. The molecule has 0 heteroatoms. The van der Waals surface area contributed by atoms with Crippen molar-refractivity contribution in [1.82, 2.24) is 0 Å². The Bertz CT molecular complexity index is 113. The molecule has 1 rings (SSSR count). The number of hydrogen-bond acceptors (Lipinski definition) is 0. The molecule has 0 bridgehead atoms. The maximum absolute atomic E-state index is 2.35. The first-order chi connectivity index (χ1) is 4.25. The molecule has 0 aromatic rings. The summed E-state index contributed by atoms with van der Waals surface area (Å²) >= 11 is 0. The van der Waals surface area contributed by atoms with Crippen LogP contribution in [0.4, 0.5) is 0 Å². The molecular formula is C9H16. The fraction of sp³-hybridized carbons (Fsp3) is 0.778. The van der Waals surface area contributed by atoms with Crippen LogP contribution in [0.25, 0.3) is 0 Å². The Balaban J connectivity index is 2.33. The Morgan fingerprint density at radius 3 is 2.33 bits per heavy atom. The molecule has 0 radical (unpaired) electrons. The molecule has 0 aromatic heterocycles. The van der Waals surface area contributed by atoms with Gasteiger partial charge in [-0.05, 0) is 31.1 Å². The van der Waals surface area contributed by atoms with E-state index in [9.17, 15) is 0 Å². The number of allylic oxidation sites excluding steroid dienone is 2. The zero-order valence-electron chi connectivity index (χ0n) is 6.59. The van der Waals surface area contributed by atoms with Crippen LogP contribution < -0.4 is 0 Å². The van der Waals surface area contributed by atoms with Crippen LogP contribution in [0.3, 0.4) is 0 Å². The third-order valence-corrected chi connectivity index (χ3v) is 2.66. The Labute approximate surface area is 58.0 Å². The molecule has 0 N–H and O–H groups in total. The average Bonchev–Trinajstić information content (AvgIpc) is 1.88. The van der Waals surface area contributed by atoms with Crippen molar-refractivity contribution in [3.8, 4) is 0 Å². The quantitative estimate of drug-likeness (QED) is 0.471. The third-order valence-electron chi connectivity index (χ3n) is 2.66. The topological polar surface area (TPSA) is 0 Å². The summed E-state index contributed by atoms with van der Waals surface area (Å²) in [4.78, 5) is 0. The van der Waals surface area contributed by atoms with Crippen molar-refractivity contribution in [3.05, 3.63) is 12.2 Å². The van der Waals surface area contributed by atoms with Gasteiger partial charge in [-0.3, -0.25) is 0 Å². The highest BCUT2D eigenvalue weighted by molar-refractivity contribution is 4.97. The summed E-state index contributed by atoms with van der Waals surface area (Å²) in [5, 5.41) is 0. The lowest BCUT2D eigenvalue weighted by molar-refractivity contribution is 0.145. The predicted octanol–water partition coefficient (Wildman–Crippen LogP) is 2.85. The van der Waals surface area contributed by atoms with Gasteiger partial charge in [0.25, 0.3) is 0 Å². The summed E-state index contributed by atoms with van der Waals surface area (Å²) in [5.74, 6) is 2.79. The first-order valence-electron chi connectivity index (χ1n) is 3.88. The van der Waals surface area contributed by atoms with E-state index < -0.39 is 0 Å². The first kappa shape index (κ1) is 6.85. The van der Waals surface area contributed by atoms with Gasteiger partial charge >= 0.3 is 0 Å². The van der Waals surface area contributed by atoms with Crippen molar-refractivity contribution < 1.29 is 0 Å². The Hall–Kier alpha value is -0.260. The first-order valence-corrected chi connectivity index (χ1v) is 3.88. The lowest BCUT2D eigenvalue weighted by atomic mass is 9.67. The minimum atomic E-state index is 0.894. The molecule has 0 amide bonds. The zero-order chi connectivity index (χ0) is 6.85. The van der Waals surface area contributed by atoms with Gasteiger partial charge in [0.2, 0.25) is 0 Å². The lowest BCUT2D eigenvalue weighted by Crippen LogP contribution is -2.30. The van der Waals surface area contributed by atoms with Gasteiger partial charge < -0.3 is 0 Å².